The third-order valence-electron chi connectivity index (χ3n) is 5.20. The van der Waals surface area contributed by atoms with Gasteiger partial charge in [0.05, 0.1) is 11.3 Å². The third kappa shape index (κ3) is 5.07. The van der Waals surface area contributed by atoms with Crippen LogP contribution in [0.15, 0.2) is 102 Å². The van der Waals surface area contributed by atoms with Crippen LogP contribution >= 0.6 is 0 Å². The second kappa shape index (κ2) is 9.78. The van der Waals surface area contributed by atoms with Crippen molar-refractivity contribution in [3.05, 3.63) is 120 Å². The number of benzene rings is 3. The van der Waals surface area contributed by atoms with Crippen LogP contribution in [0.5, 0.6) is 5.75 Å². The van der Waals surface area contributed by atoms with Crippen LogP contribution in [0.1, 0.15) is 38.8 Å². The quantitative estimate of drug-likeness (QED) is 0.196. The second-order valence-electron chi connectivity index (χ2n) is 7.48. The van der Waals surface area contributed by atoms with Crippen LogP contribution in [-0.2, 0) is 0 Å². The largest absolute Gasteiger partial charge is 0.422 e. The van der Waals surface area contributed by atoms with Gasteiger partial charge >= 0.3 is 5.97 Å². The number of nitrogens with zero attached hydrogens (tertiary/aromatic N) is 2. The van der Waals surface area contributed by atoms with Gasteiger partial charge < -0.3 is 9.30 Å². The Morgan fingerprint density at radius 1 is 0.818 bits per heavy atom. The van der Waals surface area contributed by atoms with Gasteiger partial charge in [-0.05, 0) is 74.0 Å². The van der Waals surface area contributed by atoms with E-state index in [4.69, 9.17) is 4.74 Å². The van der Waals surface area contributed by atoms with Gasteiger partial charge in [-0.2, -0.15) is 5.10 Å². The van der Waals surface area contributed by atoms with E-state index in [0.717, 1.165) is 11.3 Å². The molecule has 0 bridgehead atoms. The maximum atomic E-state index is 12.6. The number of hydrogen-bond acceptors (Lipinski definition) is 4. The van der Waals surface area contributed by atoms with Crippen molar-refractivity contribution in [2.24, 2.45) is 5.10 Å². The minimum atomic E-state index is -0.444. The Hall–Kier alpha value is -4.45. The van der Waals surface area contributed by atoms with Crippen molar-refractivity contribution in [1.82, 2.24) is 9.99 Å². The smallest absolute Gasteiger partial charge is 0.343 e. The van der Waals surface area contributed by atoms with Crippen molar-refractivity contribution in [2.75, 3.05) is 0 Å². The zero-order valence-corrected chi connectivity index (χ0v) is 18.4. The van der Waals surface area contributed by atoms with Crippen LogP contribution in [0.4, 0.5) is 0 Å². The molecule has 33 heavy (non-hydrogen) atoms. The van der Waals surface area contributed by atoms with Crippen LogP contribution in [0.3, 0.4) is 0 Å². The summed E-state index contributed by atoms with van der Waals surface area (Å²) >= 11 is 0. The molecule has 0 fully saturated rings. The lowest BCUT2D eigenvalue weighted by Crippen LogP contribution is -2.20. The van der Waals surface area contributed by atoms with Crippen LogP contribution < -0.4 is 10.2 Å². The maximum Gasteiger partial charge on any atom is 0.343 e. The number of hydrogen-bond donors (Lipinski definition) is 1. The highest BCUT2D eigenvalue weighted by Crippen LogP contribution is 2.21. The zero-order chi connectivity index (χ0) is 23.2. The molecular weight excluding hydrogens is 414 g/mol. The van der Waals surface area contributed by atoms with E-state index in [1.807, 2.05) is 66.3 Å². The molecule has 4 aromatic rings. The third-order valence-corrected chi connectivity index (χ3v) is 5.20. The number of carbonyl (C=O) groups is 2. The van der Waals surface area contributed by atoms with Crippen molar-refractivity contribution in [1.29, 1.82) is 0 Å². The van der Waals surface area contributed by atoms with Gasteiger partial charge in [0, 0.05) is 29.2 Å². The SMILES string of the molecule is CC(=NNC(=O)c1ccc(-n2cccc2)cc1)c1ccccc1OC(=O)c1ccccc1C. The summed E-state index contributed by atoms with van der Waals surface area (Å²) in [4.78, 5) is 25.2. The number of rotatable bonds is 6. The Labute approximate surface area is 192 Å². The Bertz CT molecular complexity index is 1310. The van der Waals surface area contributed by atoms with E-state index < -0.39 is 5.97 Å². The van der Waals surface area contributed by atoms with Gasteiger partial charge in [-0.25, -0.2) is 10.2 Å². The lowest BCUT2D eigenvalue weighted by Gasteiger charge is -2.11. The summed E-state index contributed by atoms with van der Waals surface area (Å²) in [6.45, 7) is 3.60. The average molecular weight is 437 g/mol. The summed E-state index contributed by atoms with van der Waals surface area (Å²) in [6.07, 6.45) is 3.87. The molecule has 1 aromatic heterocycles. The van der Waals surface area contributed by atoms with Gasteiger partial charge in [-0.3, -0.25) is 4.79 Å². The molecule has 3 aromatic carbocycles. The maximum absolute atomic E-state index is 12.6. The molecule has 0 spiro atoms. The first kappa shape index (κ1) is 21.8. The molecule has 0 atom stereocenters. The average Bonchev–Trinajstić information content (AvgIpc) is 3.38. The second-order valence-corrected chi connectivity index (χ2v) is 7.48. The predicted molar refractivity (Wildman–Crippen MR) is 128 cm³/mol. The van der Waals surface area contributed by atoms with E-state index in [2.05, 4.69) is 10.5 Å². The Balaban J connectivity index is 1.47. The van der Waals surface area contributed by atoms with Gasteiger partial charge in [0.15, 0.2) is 0 Å². The number of hydrazone groups is 1. The van der Waals surface area contributed by atoms with E-state index in [1.165, 1.54) is 0 Å². The molecule has 0 unspecified atom stereocenters. The predicted octanol–water partition coefficient (Wildman–Crippen LogP) is 5.16. The lowest BCUT2D eigenvalue weighted by molar-refractivity contribution is 0.0733. The first-order valence-corrected chi connectivity index (χ1v) is 10.5. The molecule has 6 heteroatoms. The molecule has 0 saturated heterocycles. The van der Waals surface area contributed by atoms with Crippen LogP contribution in [0, 0.1) is 6.92 Å². The molecule has 0 aliphatic carbocycles. The first-order valence-electron chi connectivity index (χ1n) is 10.5. The highest BCUT2D eigenvalue weighted by molar-refractivity contribution is 6.03. The molecule has 6 nitrogen and oxygen atoms in total. The van der Waals surface area contributed by atoms with Crippen molar-refractivity contribution in [3.8, 4) is 11.4 Å². The molecule has 164 valence electrons. The number of carbonyl (C=O) groups excluding carboxylic acids is 2. The van der Waals surface area contributed by atoms with Gasteiger partial charge in [-0.1, -0.05) is 30.3 Å². The summed E-state index contributed by atoms with van der Waals surface area (Å²) in [6, 6.07) is 25.4. The van der Waals surface area contributed by atoms with Crippen LogP contribution in [-0.4, -0.2) is 22.2 Å². The Kier molecular flexibility index (Phi) is 6.45. The molecule has 4 rings (SSSR count). The minimum Gasteiger partial charge on any atom is -0.422 e. The van der Waals surface area contributed by atoms with Gasteiger partial charge in [0.2, 0.25) is 0 Å². The number of aryl methyl sites for hydroxylation is 1. The van der Waals surface area contributed by atoms with Crippen LogP contribution in [0.2, 0.25) is 0 Å². The van der Waals surface area contributed by atoms with E-state index >= 15 is 0 Å². The standard InChI is InChI=1S/C27H23N3O3/c1-19-9-3-4-10-23(19)27(32)33-25-12-6-5-11-24(25)20(2)28-29-26(31)21-13-15-22(16-14-21)30-17-7-8-18-30/h3-18H,1-2H3,(H,29,31). The van der Waals surface area contributed by atoms with E-state index in [-0.39, 0.29) is 5.91 Å². The van der Waals surface area contributed by atoms with Crippen molar-refractivity contribution in [2.45, 2.75) is 13.8 Å². The molecule has 1 amide bonds. The van der Waals surface area contributed by atoms with Gasteiger partial charge in [-0.15, -0.1) is 0 Å². The highest BCUT2D eigenvalue weighted by Gasteiger charge is 2.15. The molecule has 1 heterocycles. The summed E-state index contributed by atoms with van der Waals surface area (Å²) in [7, 11) is 0. The minimum absolute atomic E-state index is 0.331. The Morgan fingerprint density at radius 3 is 2.15 bits per heavy atom. The summed E-state index contributed by atoms with van der Waals surface area (Å²) < 4.78 is 7.60. The number of nitrogens with one attached hydrogen (secondary N) is 1. The topological polar surface area (TPSA) is 72.7 Å². The summed E-state index contributed by atoms with van der Waals surface area (Å²) in [5, 5.41) is 4.22. The number of amides is 1. The Morgan fingerprint density at radius 2 is 1.45 bits per heavy atom. The molecular formula is C27H23N3O3. The van der Waals surface area contributed by atoms with Gasteiger partial charge in [0.25, 0.3) is 5.91 Å². The number of esters is 1. The normalized spacial score (nSPS) is 11.2. The fraction of sp³-hybridized carbons (Fsp3) is 0.0741. The van der Waals surface area contributed by atoms with Crippen LogP contribution in [0.25, 0.3) is 5.69 Å². The molecule has 0 aliphatic heterocycles. The number of para-hydroxylation sites is 1. The zero-order valence-electron chi connectivity index (χ0n) is 18.4. The fourth-order valence-corrected chi connectivity index (χ4v) is 3.36. The molecule has 0 saturated carbocycles. The van der Waals surface area contributed by atoms with Crippen molar-refractivity contribution >= 4 is 17.6 Å². The van der Waals surface area contributed by atoms with E-state index in [9.17, 15) is 9.59 Å². The molecule has 1 N–H and O–H groups in total. The van der Waals surface area contributed by atoms with E-state index in [0.29, 0.717) is 28.2 Å². The first-order chi connectivity index (χ1) is 16.0. The highest BCUT2D eigenvalue weighted by atomic mass is 16.5. The number of ether oxygens (including phenoxy) is 1. The number of aromatic nitrogens is 1. The fourth-order valence-electron chi connectivity index (χ4n) is 3.36. The lowest BCUT2D eigenvalue weighted by atomic mass is 10.1. The summed E-state index contributed by atoms with van der Waals surface area (Å²) in [5.74, 6) is -0.403. The van der Waals surface area contributed by atoms with Crippen molar-refractivity contribution in [3.63, 3.8) is 0 Å². The summed E-state index contributed by atoms with van der Waals surface area (Å²) in [5.41, 5.74) is 6.48. The van der Waals surface area contributed by atoms with Crippen molar-refractivity contribution < 1.29 is 14.3 Å². The molecule has 0 radical (unpaired) electrons. The monoisotopic (exact) mass is 437 g/mol. The van der Waals surface area contributed by atoms with E-state index in [1.54, 1.807) is 49.4 Å². The molecule has 0 aliphatic rings. The van der Waals surface area contributed by atoms with Gasteiger partial charge in [0.1, 0.15) is 5.75 Å².